The molecule has 0 unspecified atom stereocenters. The fraction of sp³-hybridized carbons (Fsp3) is 0.263. The largest absolute Gasteiger partial charge is 0.370 e. The minimum absolute atomic E-state index is 0.432. The lowest BCUT2D eigenvalue weighted by molar-refractivity contribution is 0.704. The van der Waals surface area contributed by atoms with Crippen molar-refractivity contribution in [2.24, 2.45) is 10.7 Å². The van der Waals surface area contributed by atoms with Gasteiger partial charge in [-0.3, -0.25) is 4.99 Å². The summed E-state index contributed by atoms with van der Waals surface area (Å²) >= 11 is 0. The molecule has 5 nitrogen and oxygen atoms in total. The summed E-state index contributed by atoms with van der Waals surface area (Å²) < 4.78 is 2.17. The molecule has 24 heavy (non-hydrogen) atoms. The van der Waals surface area contributed by atoms with Crippen LogP contribution < -0.4 is 11.1 Å². The number of nitrogens with two attached hydrogens (primary N) is 1. The number of nitrogens with one attached hydrogen (secondary N) is 1. The molecule has 0 bridgehead atoms. The Balaban J connectivity index is 1.63. The third kappa shape index (κ3) is 3.56. The standard InChI is InChI=1S/C19H23N5/c1-3-15-8-10-16(11-9-15)23-19(20)21-12-13-24-14(2)22-17-6-4-5-7-18(17)24/h4-11H,3,12-13H2,1-2H3,(H3,20,21,23). The zero-order valence-corrected chi connectivity index (χ0v) is 14.2. The number of aryl methyl sites for hydroxylation is 2. The van der Waals surface area contributed by atoms with E-state index in [1.165, 1.54) is 5.56 Å². The predicted octanol–water partition coefficient (Wildman–Crippen LogP) is 3.33. The van der Waals surface area contributed by atoms with E-state index in [2.05, 4.69) is 45.0 Å². The Labute approximate surface area is 142 Å². The highest BCUT2D eigenvalue weighted by molar-refractivity contribution is 5.92. The lowest BCUT2D eigenvalue weighted by atomic mass is 10.1. The van der Waals surface area contributed by atoms with Gasteiger partial charge in [-0.2, -0.15) is 0 Å². The predicted molar refractivity (Wildman–Crippen MR) is 100 cm³/mol. The van der Waals surface area contributed by atoms with Crippen LogP contribution in [0, 0.1) is 6.92 Å². The van der Waals surface area contributed by atoms with Crippen LogP contribution in [-0.4, -0.2) is 22.1 Å². The number of hydrogen-bond donors (Lipinski definition) is 2. The number of rotatable bonds is 5. The molecule has 2 aromatic carbocycles. The van der Waals surface area contributed by atoms with E-state index >= 15 is 0 Å². The SMILES string of the molecule is CCc1ccc(NC(N)=NCCn2c(C)nc3ccccc32)cc1. The van der Waals surface area contributed by atoms with Crippen molar-refractivity contribution >= 4 is 22.7 Å². The number of nitrogens with zero attached hydrogens (tertiary/aromatic N) is 3. The van der Waals surface area contributed by atoms with Crippen LogP contribution in [0.15, 0.2) is 53.5 Å². The quantitative estimate of drug-likeness (QED) is 0.559. The van der Waals surface area contributed by atoms with Gasteiger partial charge in [0, 0.05) is 12.2 Å². The van der Waals surface area contributed by atoms with E-state index in [4.69, 9.17) is 5.73 Å². The molecule has 0 atom stereocenters. The Morgan fingerprint density at radius 1 is 1.17 bits per heavy atom. The van der Waals surface area contributed by atoms with Gasteiger partial charge in [0.1, 0.15) is 5.82 Å². The van der Waals surface area contributed by atoms with Gasteiger partial charge in [-0.05, 0) is 43.2 Å². The normalized spacial score (nSPS) is 11.8. The van der Waals surface area contributed by atoms with Crippen LogP contribution in [-0.2, 0) is 13.0 Å². The zero-order valence-electron chi connectivity index (χ0n) is 14.2. The van der Waals surface area contributed by atoms with Crippen molar-refractivity contribution in [3.05, 3.63) is 59.9 Å². The Morgan fingerprint density at radius 2 is 1.92 bits per heavy atom. The second kappa shape index (κ2) is 7.17. The summed E-state index contributed by atoms with van der Waals surface area (Å²) in [5, 5.41) is 3.13. The molecule has 0 saturated carbocycles. The molecule has 3 rings (SSSR count). The molecule has 0 aliphatic heterocycles. The molecule has 0 radical (unpaired) electrons. The molecule has 5 heteroatoms. The zero-order chi connectivity index (χ0) is 16.9. The Bertz CT molecular complexity index is 846. The second-order valence-corrected chi connectivity index (χ2v) is 5.74. The van der Waals surface area contributed by atoms with Crippen LogP contribution in [0.4, 0.5) is 5.69 Å². The summed E-state index contributed by atoms with van der Waals surface area (Å²) in [6, 6.07) is 16.4. The highest BCUT2D eigenvalue weighted by Gasteiger charge is 2.05. The third-order valence-corrected chi connectivity index (χ3v) is 4.09. The van der Waals surface area contributed by atoms with Gasteiger partial charge in [0.05, 0.1) is 17.6 Å². The summed E-state index contributed by atoms with van der Waals surface area (Å²) in [4.78, 5) is 8.98. The summed E-state index contributed by atoms with van der Waals surface area (Å²) in [7, 11) is 0. The van der Waals surface area contributed by atoms with Crippen molar-refractivity contribution in [2.45, 2.75) is 26.8 Å². The Kier molecular flexibility index (Phi) is 4.79. The number of hydrogen-bond acceptors (Lipinski definition) is 2. The van der Waals surface area contributed by atoms with E-state index in [1.807, 2.05) is 37.3 Å². The Morgan fingerprint density at radius 3 is 2.67 bits per heavy atom. The lowest BCUT2D eigenvalue weighted by Gasteiger charge is -2.08. The van der Waals surface area contributed by atoms with E-state index < -0.39 is 0 Å². The monoisotopic (exact) mass is 321 g/mol. The van der Waals surface area contributed by atoms with Gasteiger partial charge in [0.2, 0.25) is 0 Å². The van der Waals surface area contributed by atoms with E-state index in [0.717, 1.165) is 35.5 Å². The van der Waals surface area contributed by atoms with Crippen LogP contribution >= 0.6 is 0 Å². The van der Waals surface area contributed by atoms with Crippen molar-refractivity contribution in [2.75, 3.05) is 11.9 Å². The van der Waals surface area contributed by atoms with Gasteiger partial charge < -0.3 is 15.6 Å². The van der Waals surface area contributed by atoms with Gasteiger partial charge in [-0.15, -0.1) is 0 Å². The first-order valence-corrected chi connectivity index (χ1v) is 8.25. The Hall–Kier alpha value is -2.82. The molecule has 0 saturated heterocycles. The lowest BCUT2D eigenvalue weighted by Crippen LogP contribution is -2.23. The number of aromatic nitrogens is 2. The number of fused-ring (bicyclic) bond motifs is 1. The highest BCUT2D eigenvalue weighted by Crippen LogP contribution is 2.15. The van der Waals surface area contributed by atoms with E-state index in [0.29, 0.717) is 12.5 Å². The molecular formula is C19H23N5. The van der Waals surface area contributed by atoms with Crippen LogP contribution in [0.25, 0.3) is 11.0 Å². The maximum Gasteiger partial charge on any atom is 0.193 e. The fourth-order valence-electron chi connectivity index (χ4n) is 2.76. The maximum absolute atomic E-state index is 5.98. The summed E-state index contributed by atoms with van der Waals surface area (Å²) in [5.41, 5.74) is 10.4. The molecule has 0 fully saturated rings. The van der Waals surface area contributed by atoms with Crippen molar-refractivity contribution in [3.8, 4) is 0 Å². The van der Waals surface area contributed by atoms with Crippen LogP contribution in [0.3, 0.4) is 0 Å². The molecule has 124 valence electrons. The number of anilines is 1. The van der Waals surface area contributed by atoms with Gasteiger partial charge in [0.25, 0.3) is 0 Å². The van der Waals surface area contributed by atoms with Gasteiger partial charge in [0.15, 0.2) is 5.96 Å². The molecule has 3 aromatic rings. The van der Waals surface area contributed by atoms with Crippen molar-refractivity contribution in [1.82, 2.24) is 9.55 Å². The third-order valence-electron chi connectivity index (χ3n) is 4.09. The van der Waals surface area contributed by atoms with Gasteiger partial charge in [-0.1, -0.05) is 31.2 Å². The number of guanidine groups is 1. The molecular weight excluding hydrogens is 298 g/mol. The maximum atomic E-state index is 5.98. The number of imidazole rings is 1. The highest BCUT2D eigenvalue weighted by atomic mass is 15.1. The van der Waals surface area contributed by atoms with Crippen molar-refractivity contribution in [1.29, 1.82) is 0 Å². The first-order valence-electron chi connectivity index (χ1n) is 8.25. The van der Waals surface area contributed by atoms with Crippen LogP contribution in [0.1, 0.15) is 18.3 Å². The van der Waals surface area contributed by atoms with Crippen molar-refractivity contribution < 1.29 is 0 Å². The number of aliphatic imine (C=N–C) groups is 1. The average molecular weight is 321 g/mol. The smallest absolute Gasteiger partial charge is 0.193 e. The number of para-hydroxylation sites is 2. The first-order chi connectivity index (χ1) is 11.7. The van der Waals surface area contributed by atoms with Gasteiger partial charge in [-0.25, -0.2) is 4.98 Å². The summed E-state index contributed by atoms with van der Waals surface area (Å²) in [6.07, 6.45) is 1.03. The molecule has 1 aromatic heterocycles. The van der Waals surface area contributed by atoms with Crippen LogP contribution in [0.2, 0.25) is 0 Å². The first kappa shape index (κ1) is 16.1. The van der Waals surface area contributed by atoms with Crippen molar-refractivity contribution in [3.63, 3.8) is 0 Å². The molecule has 0 spiro atoms. The van der Waals surface area contributed by atoms with Crippen LogP contribution in [0.5, 0.6) is 0 Å². The van der Waals surface area contributed by atoms with E-state index in [1.54, 1.807) is 0 Å². The van der Waals surface area contributed by atoms with E-state index in [9.17, 15) is 0 Å². The summed E-state index contributed by atoms with van der Waals surface area (Å²) in [5.74, 6) is 1.43. The topological polar surface area (TPSA) is 68.2 Å². The molecule has 1 heterocycles. The molecule has 0 amide bonds. The minimum atomic E-state index is 0.432. The molecule has 0 aliphatic rings. The molecule has 3 N–H and O–H groups in total. The average Bonchev–Trinajstić information content (AvgIpc) is 2.91. The van der Waals surface area contributed by atoms with E-state index in [-0.39, 0.29) is 0 Å². The minimum Gasteiger partial charge on any atom is -0.370 e. The summed E-state index contributed by atoms with van der Waals surface area (Å²) in [6.45, 7) is 5.51. The second-order valence-electron chi connectivity index (χ2n) is 5.74. The molecule has 0 aliphatic carbocycles. The van der Waals surface area contributed by atoms with Gasteiger partial charge >= 0.3 is 0 Å². The number of benzene rings is 2. The fourth-order valence-corrected chi connectivity index (χ4v) is 2.76.